The van der Waals surface area contributed by atoms with E-state index in [4.69, 9.17) is 18.8 Å². The zero-order valence-electron chi connectivity index (χ0n) is 19.6. The van der Waals surface area contributed by atoms with E-state index in [-0.39, 0.29) is 0 Å². The Bertz CT molecular complexity index is 989. The maximum absolute atomic E-state index is 6.46. The van der Waals surface area contributed by atoms with Gasteiger partial charge in [-0.15, -0.1) is 0 Å². The number of rotatable bonds is 7. The molecular weight excluding hydrogens is 404 g/mol. The Labute approximate surface area is 186 Å². The van der Waals surface area contributed by atoms with Crippen LogP contribution in [0.5, 0.6) is 0 Å². The Hall–Kier alpha value is -2.25. The SMILES string of the molecule is CC(C)[Si](c1ncc(CN2CCc3nc(-c4ccco4)ncc3C2)o1)(C(C)C)C(C)C. The third-order valence-electron chi connectivity index (χ3n) is 6.92. The minimum Gasteiger partial charge on any atom is -0.461 e. The second kappa shape index (κ2) is 8.71. The van der Waals surface area contributed by atoms with Crippen LogP contribution in [-0.2, 0) is 19.5 Å². The zero-order valence-corrected chi connectivity index (χ0v) is 20.6. The van der Waals surface area contributed by atoms with E-state index in [1.165, 1.54) is 5.56 Å². The fourth-order valence-electron chi connectivity index (χ4n) is 5.58. The van der Waals surface area contributed by atoms with Crippen LogP contribution < -0.4 is 5.51 Å². The molecule has 31 heavy (non-hydrogen) atoms. The molecule has 0 aliphatic carbocycles. The average Bonchev–Trinajstić information content (AvgIpc) is 3.40. The topological polar surface area (TPSA) is 68.2 Å². The van der Waals surface area contributed by atoms with Crippen molar-refractivity contribution in [2.45, 2.75) is 77.7 Å². The Morgan fingerprint density at radius 1 is 1.03 bits per heavy atom. The molecular formula is C24H34N4O2Si. The fourth-order valence-corrected chi connectivity index (χ4v) is 11.7. The van der Waals surface area contributed by atoms with Gasteiger partial charge in [0, 0.05) is 31.3 Å². The van der Waals surface area contributed by atoms with Crippen molar-refractivity contribution in [3.8, 4) is 11.6 Å². The summed E-state index contributed by atoms with van der Waals surface area (Å²) < 4.78 is 11.9. The van der Waals surface area contributed by atoms with Crippen LogP contribution in [0.4, 0.5) is 0 Å². The standard InChI is InChI=1S/C24H34N4O2Si/c1-16(2)31(17(3)4,18(5)6)24-26-13-20(30-24)15-28-10-9-21-19(14-28)12-25-23(27-21)22-8-7-11-29-22/h7-8,11-13,16-18H,9-10,14-15H2,1-6H3. The van der Waals surface area contributed by atoms with Crippen molar-refractivity contribution < 1.29 is 8.83 Å². The summed E-state index contributed by atoms with van der Waals surface area (Å²) in [6.45, 7) is 16.6. The van der Waals surface area contributed by atoms with Crippen LogP contribution in [0.15, 0.2) is 39.6 Å². The number of oxazole rings is 1. The molecule has 4 heterocycles. The average molecular weight is 439 g/mol. The maximum atomic E-state index is 6.46. The Kier molecular flexibility index (Phi) is 6.17. The van der Waals surface area contributed by atoms with Gasteiger partial charge in [0.15, 0.2) is 25.2 Å². The van der Waals surface area contributed by atoms with E-state index < -0.39 is 8.07 Å². The van der Waals surface area contributed by atoms with Crippen molar-refractivity contribution >= 4 is 13.6 Å². The van der Waals surface area contributed by atoms with Gasteiger partial charge in [-0.3, -0.25) is 4.90 Å². The van der Waals surface area contributed by atoms with Gasteiger partial charge in [-0.05, 0) is 28.8 Å². The first-order valence-corrected chi connectivity index (χ1v) is 13.6. The zero-order chi connectivity index (χ0) is 22.2. The summed E-state index contributed by atoms with van der Waals surface area (Å²) in [6.07, 6.45) is 6.44. The lowest BCUT2D eigenvalue weighted by Gasteiger charge is -2.39. The Balaban J connectivity index is 1.50. The van der Waals surface area contributed by atoms with Gasteiger partial charge in [0.2, 0.25) is 0 Å². The maximum Gasteiger partial charge on any atom is 0.195 e. The Morgan fingerprint density at radius 3 is 2.42 bits per heavy atom. The number of fused-ring (bicyclic) bond motifs is 1. The summed E-state index contributed by atoms with van der Waals surface area (Å²) >= 11 is 0. The van der Waals surface area contributed by atoms with Crippen LogP contribution in [0.1, 0.15) is 58.6 Å². The molecule has 6 nitrogen and oxygen atoms in total. The molecule has 0 aromatic carbocycles. The smallest absolute Gasteiger partial charge is 0.195 e. The molecule has 0 saturated heterocycles. The van der Waals surface area contributed by atoms with Crippen molar-refractivity contribution in [1.82, 2.24) is 19.9 Å². The van der Waals surface area contributed by atoms with E-state index in [9.17, 15) is 0 Å². The van der Waals surface area contributed by atoms with Crippen molar-refractivity contribution in [3.63, 3.8) is 0 Å². The molecule has 3 aromatic heterocycles. The van der Waals surface area contributed by atoms with E-state index in [0.717, 1.165) is 43.0 Å². The Morgan fingerprint density at radius 2 is 1.77 bits per heavy atom. The lowest BCUT2D eigenvalue weighted by atomic mass is 10.1. The lowest BCUT2D eigenvalue weighted by molar-refractivity contribution is 0.225. The molecule has 3 aromatic rings. The molecule has 0 amide bonds. The van der Waals surface area contributed by atoms with E-state index in [1.54, 1.807) is 6.26 Å². The molecule has 0 bridgehead atoms. The van der Waals surface area contributed by atoms with Crippen LogP contribution in [-0.4, -0.2) is 34.5 Å². The van der Waals surface area contributed by atoms with Gasteiger partial charge < -0.3 is 8.83 Å². The van der Waals surface area contributed by atoms with Crippen LogP contribution in [0.25, 0.3) is 11.6 Å². The highest BCUT2D eigenvalue weighted by atomic mass is 28.3. The third-order valence-corrected chi connectivity index (χ3v) is 13.6. The number of nitrogens with zero attached hydrogens (tertiary/aromatic N) is 4. The van der Waals surface area contributed by atoms with Gasteiger partial charge in [0.05, 0.1) is 24.7 Å². The molecule has 4 rings (SSSR count). The van der Waals surface area contributed by atoms with Gasteiger partial charge >= 0.3 is 0 Å². The summed E-state index contributed by atoms with van der Waals surface area (Å²) in [7, 11) is -1.86. The molecule has 0 N–H and O–H groups in total. The van der Waals surface area contributed by atoms with E-state index >= 15 is 0 Å². The number of hydrogen-bond acceptors (Lipinski definition) is 6. The predicted molar refractivity (Wildman–Crippen MR) is 125 cm³/mol. The van der Waals surface area contributed by atoms with Crippen LogP contribution in [0, 0.1) is 0 Å². The van der Waals surface area contributed by atoms with Crippen LogP contribution in [0.2, 0.25) is 16.6 Å². The molecule has 166 valence electrons. The summed E-state index contributed by atoms with van der Waals surface area (Å²) in [5.41, 5.74) is 5.06. The molecule has 0 fully saturated rings. The van der Waals surface area contributed by atoms with Gasteiger partial charge in [-0.2, -0.15) is 0 Å². The second-order valence-electron chi connectivity index (χ2n) is 9.63. The number of aromatic nitrogens is 3. The van der Waals surface area contributed by atoms with Gasteiger partial charge in [-0.25, -0.2) is 15.0 Å². The highest BCUT2D eigenvalue weighted by Gasteiger charge is 2.49. The van der Waals surface area contributed by atoms with E-state index in [1.807, 2.05) is 24.5 Å². The summed E-state index contributed by atoms with van der Waals surface area (Å²) in [5.74, 6) is 2.34. The normalized spacial score (nSPS) is 15.3. The van der Waals surface area contributed by atoms with E-state index in [0.29, 0.717) is 28.2 Å². The first-order chi connectivity index (χ1) is 14.8. The monoisotopic (exact) mass is 438 g/mol. The quantitative estimate of drug-likeness (QED) is 0.474. The molecule has 0 unspecified atom stereocenters. The first kappa shape index (κ1) is 22.0. The van der Waals surface area contributed by atoms with Crippen molar-refractivity contribution in [2.75, 3.05) is 6.54 Å². The molecule has 0 radical (unpaired) electrons. The van der Waals surface area contributed by atoms with Crippen molar-refractivity contribution in [3.05, 3.63) is 47.8 Å². The molecule has 1 aliphatic heterocycles. The first-order valence-electron chi connectivity index (χ1n) is 11.4. The summed E-state index contributed by atoms with van der Waals surface area (Å²) in [6, 6.07) is 3.76. The second-order valence-corrected chi connectivity index (χ2v) is 15.4. The minimum absolute atomic E-state index is 0.585. The van der Waals surface area contributed by atoms with Gasteiger partial charge in [0.25, 0.3) is 0 Å². The summed E-state index contributed by atoms with van der Waals surface area (Å²) in [4.78, 5) is 16.5. The number of furan rings is 1. The molecule has 0 atom stereocenters. The van der Waals surface area contributed by atoms with Crippen LogP contribution >= 0.6 is 0 Å². The third kappa shape index (κ3) is 4.01. The molecule has 0 spiro atoms. The van der Waals surface area contributed by atoms with Crippen molar-refractivity contribution in [1.29, 1.82) is 0 Å². The number of hydrogen-bond donors (Lipinski definition) is 0. The van der Waals surface area contributed by atoms with Gasteiger partial charge in [-0.1, -0.05) is 41.5 Å². The molecule has 1 aliphatic rings. The minimum atomic E-state index is -1.86. The summed E-state index contributed by atoms with van der Waals surface area (Å²) in [5, 5.41) is 0. The van der Waals surface area contributed by atoms with Gasteiger partial charge in [0.1, 0.15) is 5.76 Å². The van der Waals surface area contributed by atoms with Crippen molar-refractivity contribution in [2.24, 2.45) is 0 Å². The van der Waals surface area contributed by atoms with Crippen LogP contribution in [0.3, 0.4) is 0 Å². The lowest BCUT2D eigenvalue weighted by Crippen LogP contribution is -2.56. The fraction of sp³-hybridized carbons (Fsp3) is 0.542. The predicted octanol–water partition coefficient (Wildman–Crippen LogP) is 5.17. The molecule has 7 heteroatoms. The van der Waals surface area contributed by atoms with E-state index in [2.05, 4.69) is 51.4 Å². The highest BCUT2D eigenvalue weighted by molar-refractivity contribution is 6.93. The largest absolute Gasteiger partial charge is 0.461 e. The highest BCUT2D eigenvalue weighted by Crippen LogP contribution is 2.40. The molecule has 0 saturated carbocycles.